The van der Waals surface area contributed by atoms with E-state index in [-0.39, 0.29) is 5.75 Å². The van der Waals surface area contributed by atoms with Gasteiger partial charge in [-0.3, -0.25) is 4.98 Å². The van der Waals surface area contributed by atoms with Gasteiger partial charge in [0.15, 0.2) is 5.75 Å². The van der Waals surface area contributed by atoms with E-state index in [0.29, 0.717) is 17.0 Å². The van der Waals surface area contributed by atoms with Gasteiger partial charge in [0, 0.05) is 11.6 Å². The molecule has 0 radical (unpaired) electrons. The Hall–Kier alpha value is -2.61. The Morgan fingerprint density at radius 1 is 0.958 bits per heavy atom. The van der Waals surface area contributed by atoms with E-state index in [1.54, 1.807) is 24.3 Å². The van der Waals surface area contributed by atoms with Crippen LogP contribution in [0.4, 0.5) is 13.2 Å². The number of aromatic nitrogens is 1. The molecule has 0 N–H and O–H groups in total. The molecule has 24 heavy (non-hydrogen) atoms. The Bertz CT molecular complexity index is 995. The lowest BCUT2D eigenvalue weighted by atomic mass is 10.2. The number of hydrogen-bond donors (Lipinski definition) is 0. The van der Waals surface area contributed by atoms with Crippen molar-refractivity contribution in [1.82, 2.24) is 4.98 Å². The molecular formula is C16H10F3NO3S. The fraction of sp³-hybridized carbons (Fsp3) is 0.0625. The smallest absolute Gasteiger partial charge is 0.377 e. The Labute approximate surface area is 135 Å². The molecule has 124 valence electrons. The lowest BCUT2D eigenvalue weighted by molar-refractivity contribution is -0.137. The Morgan fingerprint density at radius 3 is 2.42 bits per heavy atom. The van der Waals surface area contributed by atoms with Crippen molar-refractivity contribution in [3.05, 3.63) is 66.4 Å². The molecule has 4 nitrogen and oxygen atoms in total. The molecular weight excluding hydrogens is 343 g/mol. The zero-order valence-corrected chi connectivity index (χ0v) is 12.8. The van der Waals surface area contributed by atoms with E-state index in [1.807, 2.05) is 0 Å². The average Bonchev–Trinajstić information content (AvgIpc) is 2.54. The van der Waals surface area contributed by atoms with E-state index < -0.39 is 26.8 Å². The molecule has 1 heterocycles. The zero-order chi connectivity index (χ0) is 17.4. The van der Waals surface area contributed by atoms with Gasteiger partial charge >= 0.3 is 16.3 Å². The predicted octanol–water partition coefficient (Wildman–Crippen LogP) is 4.02. The quantitative estimate of drug-likeness (QED) is 0.668. The maximum Gasteiger partial charge on any atom is 0.416 e. The number of hydrogen-bond acceptors (Lipinski definition) is 4. The third-order valence-electron chi connectivity index (χ3n) is 3.25. The largest absolute Gasteiger partial charge is 0.416 e. The number of para-hydroxylation sites is 1. The summed E-state index contributed by atoms with van der Waals surface area (Å²) in [5.74, 6) is -0.0505. The van der Waals surface area contributed by atoms with Gasteiger partial charge < -0.3 is 4.18 Å². The number of alkyl halides is 3. The molecule has 0 amide bonds. The second-order valence-electron chi connectivity index (χ2n) is 4.89. The standard InChI is InChI=1S/C16H10F3NO3S/c17-16(18,19)12-6-2-7-13(10-12)24(21,22)23-14-8-1-4-11-5-3-9-20-15(11)14/h1-10H. The van der Waals surface area contributed by atoms with E-state index in [2.05, 4.69) is 4.98 Å². The fourth-order valence-corrected chi connectivity index (χ4v) is 3.12. The van der Waals surface area contributed by atoms with E-state index in [0.717, 1.165) is 18.2 Å². The Kier molecular flexibility index (Phi) is 3.92. The highest BCUT2D eigenvalue weighted by Gasteiger charge is 2.32. The molecule has 0 saturated carbocycles. The van der Waals surface area contributed by atoms with Crippen LogP contribution in [0, 0.1) is 0 Å². The first-order valence-electron chi connectivity index (χ1n) is 6.73. The molecule has 3 aromatic rings. The normalized spacial score (nSPS) is 12.3. The Balaban J connectivity index is 2.03. The maximum atomic E-state index is 12.7. The summed E-state index contributed by atoms with van der Waals surface area (Å²) in [6.45, 7) is 0. The number of pyridine rings is 1. The molecule has 0 aliphatic carbocycles. The number of fused-ring (bicyclic) bond motifs is 1. The number of benzene rings is 2. The number of rotatable bonds is 3. The first kappa shape index (κ1) is 16.3. The second kappa shape index (κ2) is 5.79. The Morgan fingerprint density at radius 2 is 1.67 bits per heavy atom. The minimum absolute atomic E-state index is 0.0505. The lowest BCUT2D eigenvalue weighted by Crippen LogP contribution is -2.12. The molecule has 0 aliphatic heterocycles. The van der Waals surface area contributed by atoms with Gasteiger partial charge in [-0.1, -0.05) is 24.3 Å². The van der Waals surface area contributed by atoms with Crippen molar-refractivity contribution in [3.8, 4) is 5.75 Å². The maximum absolute atomic E-state index is 12.7. The molecule has 0 atom stereocenters. The van der Waals surface area contributed by atoms with Crippen LogP contribution in [0.3, 0.4) is 0 Å². The molecule has 0 bridgehead atoms. The van der Waals surface area contributed by atoms with Crippen LogP contribution < -0.4 is 4.18 Å². The molecule has 0 fully saturated rings. The predicted molar refractivity (Wildman–Crippen MR) is 81.0 cm³/mol. The van der Waals surface area contributed by atoms with Gasteiger partial charge in [-0.25, -0.2) is 0 Å². The van der Waals surface area contributed by atoms with Crippen LogP contribution in [-0.4, -0.2) is 13.4 Å². The minimum Gasteiger partial charge on any atom is -0.377 e. The van der Waals surface area contributed by atoms with Gasteiger partial charge in [0.2, 0.25) is 0 Å². The summed E-state index contributed by atoms with van der Waals surface area (Å²) in [7, 11) is -4.43. The topological polar surface area (TPSA) is 56.3 Å². The van der Waals surface area contributed by atoms with Crippen molar-refractivity contribution in [2.75, 3.05) is 0 Å². The van der Waals surface area contributed by atoms with Crippen LogP contribution in [0.25, 0.3) is 10.9 Å². The first-order valence-corrected chi connectivity index (χ1v) is 8.14. The average molecular weight is 353 g/mol. The summed E-state index contributed by atoms with van der Waals surface area (Å²) in [5, 5.41) is 0.647. The van der Waals surface area contributed by atoms with Gasteiger partial charge in [-0.15, -0.1) is 0 Å². The highest BCUT2D eigenvalue weighted by Crippen LogP contribution is 2.32. The molecule has 0 unspecified atom stereocenters. The van der Waals surface area contributed by atoms with Crippen molar-refractivity contribution >= 4 is 21.0 Å². The van der Waals surface area contributed by atoms with Crippen LogP contribution >= 0.6 is 0 Å². The van der Waals surface area contributed by atoms with E-state index in [9.17, 15) is 21.6 Å². The van der Waals surface area contributed by atoms with Crippen LogP contribution in [0.5, 0.6) is 5.75 Å². The van der Waals surface area contributed by atoms with Crippen LogP contribution in [0.15, 0.2) is 65.7 Å². The number of nitrogens with zero attached hydrogens (tertiary/aromatic N) is 1. The third kappa shape index (κ3) is 3.18. The van der Waals surface area contributed by atoms with Crippen molar-refractivity contribution in [3.63, 3.8) is 0 Å². The van der Waals surface area contributed by atoms with Gasteiger partial charge in [0.1, 0.15) is 10.4 Å². The van der Waals surface area contributed by atoms with E-state index in [4.69, 9.17) is 4.18 Å². The van der Waals surface area contributed by atoms with Gasteiger partial charge in [0.05, 0.1) is 5.56 Å². The van der Waals surface area contributed by atoms with E-state index in [1.165, 1.54) is 12.3 Å². The highest BCUT2D eigenvalue weighted by atomic mass is 32.2. The summed E-state index contributed by atoms with van der Waals surface area (Å²) >= 11 is 0. The van der Waals surface area contributed by atoms with Gasteiger partial charge in [0.25, 0.3) is 0 Å². The summed E-state index contributed by atoms with van der Waals surface area (Å²) in [4.78, 5) is 3.47. The molecule has 0 aliphatic rings. The van der Waals surface area contributed by atoms with E-state index >= 15 is 0 Å². The van der Waals surface area contributed by atoms with Crippen molar-refractivity contribution in [2.45, 2.75) is 11.1 Å². The first-order chi connectivity index (χ1) is 11.3. The number of halogens is 3. The zero-order valence-electron chi connectivity index (χ0n) is 12.0. The SMILES string of the molecule is O=S(=O)(Oc1cccc2cccnc12)c1cccc(C(F)(F)F)c1. The molecule has 0 spiro atoms. The van der Waals surface area contributed by atoms with Crippen LogP contribution in [0.2, 0.25) is 0 Å². The lowest BCUT2D eigenvalue weighted by Gasteiger charge is -2.11. The van der Waals surface area contributed by atoms with Crippen molar-refractivity contribution in [1.29, 1.82) is 0 Å². The van der Waals surface area contributed by atoms with Crippen molar-refractivity contribution in [2.24, 2.45) is 0 Å². The molecule has 1 aromatic heterocycles. The minimum atomic E-state index is -4.65. The molecule has 0 saturated heterocycles. The summed E-state index contributed by atoms with van der Waals surface area (Å²) in [6.07, 6.45) is -3.18. The highest BCUT2D eigenvalue weighted by molar-refractivity contribution is 7.87. The summed E-state index contributed by atoms with van der Waals surface area (Å²) in [6, 6.07) is 11.4. The summed E-state index contributed by atoms with van der Waals surface area (Å²) < 4.78 is 67.9. The van der Waals surface area contributed by atoms with Crippen LogP contribution in [-0.2, 0) is 16.3 Å². The van der Waals surface area contributed by atoms with Crippen molar-refractivity contribution < 1.29 is 25.8 Å². The van der Waals surface area contributed by atoms with Crippen LogP contribution in [0.1, 0.15) is 5.56 Å². The van der Waals surface area contributed by atoms with Gasteiger partial charge in [-0.2, -0.15) is 21.6 Å². The third-order valence-corrected chi connectivity index (χ3v) is 4.48. The molecule has 8 heteroatoms. The monoisotopic (exact) mass is 353 g/mol. The fourth-order valence-electron chi connectivity index (χ4n) is 2.14. The molecule has 3 rings (SSSR count). The molecule has 2 aromatic carbocycles. The second-order valence-corrected chi connectivity index (χ2v) is 6.44. The van der Waals surface area contributed by atoms with Gasteiger partial charge in [-0.05, 0) is 30.3 Å². The summed E-state index contributed by atoms with van der Waals surface area (Å²) in [5.41, 5.74) is -0.765.